The second-order valence-electron chi connectivity index (χ2n) is 7.59. The number of piperazine rings is 1. The summed E-state index contributed by atoms with van der Waals surface area (Å²) in [6.45, 7) is 3.84. The summed E-state index contributed by atoms with van der Waals surface area (Å²) >= 11 is 1.76. The second kappa shape index (κ2) is 8.45. The van der Waals surface area contributed by atoms with Gasteiger partial charge in [-0.2, -0.15) is 9.78 Å². The van der Waals surface area contributed by atoms with Gasteiger partial charge in [0.2, 0.25) is 0 Å². The first kappa shape index (κ1) is 19.7. The first-order chi connectivity index (χ1) is 15.2. The average molecular weight is 431 g/mol. The van der Waals surface area contributed by atoms with Crippen molar-refractivity contribution in [3.8, 4) is 5.69 Å². The van der Waals surface area contributed by atoms with Crippen LogP contribution in [0.3, 0.4) is 0 Å². The molecular formula is C24H22N4O2S. The molecule has 1 saturated heterocycles. The van der Waals surface area contributed by atoms with Gasteiger partial charge in [0.05, 0.1) is 11.1 Å². The Bertz CT molecular complexity index is 1260. The lowest BCUT2D eigenvalue weighted by molar-refractivity contribution is 0.0624. The Balaban J connectivity index is 1.45. The molecule has 5 rings (SSSR count). The normalized spacial score (nSPS) is 14.8. The molecule has 7 heteroatoms. The van der Waals surface area contributed by atoms with Crippen LogP contribution in [0.4, 0.5) is 0 Å². The third-order valence-electron chi connectivity index (χ3n) is 5.63. The van der Waals surface area contributed by atoms with Crippen molar-refractivity contribution in [2.24, 2.45) is 0 Å². The third kappa shape index (κ3) is 3.89. The molecule has 0 bridgehead atoms. The van der Waals surface area contributed by atoms with Crippen LogP contribution in [0.5, 0.6) is 0 Å². The molecule has 0 N–H and O–H groups in total. The van der Waals surface area contributed by atoms with E-state index in [1.54, 1.807) is 23.5 Å². The Labute approximate surface area is 184 Å². The fourth-order valence-electron chi connectivity index (χ4n) is 3.97. The number of benzene rings is 2. The average Bonchev–Trinajstić information content (AvgIpc) is 3.33. The number of nitrogens with zero attached hydrogens (tertiary/aromatic N) is 4. The molecule has 0 radical (unpaired) electrons. The van der Waals surface area contributed by atoms with Crippen LogP contribution in [0.15, 0.2) is 76.9 Å². The molecule has 31 heavy (non-hydrogen) atoms. The summed E-state index contributed by atoms with van der Waals surface area (Å²) < 4.78 is 1.34. The largest absolute Gasteiger partial charge is 0.335 e. The van der Waals surface area contributed by atoms with Crippen LogP contribution >= 0.6 is 11.3 Å². The SMILES string of the molecule is O=C(c1nn(-c2ccccc2)c(=O)c2ccccc12)N1CCN(Cc2cccs2)CC1. The smallest absolute Gasteiger partial charge is 0.279 e. The minimum atomic E-state index is -0.223. The predicted molar refractivity (Wildman–Crippen MR) is 123 cm³/mol. The number of hydrogen-bond acceptors (Lipinski definition) is 5. The molecule has 0 unspecified atom stereocenters. The first-order valence-electron chi connectivity index (χ1n) is 10.3. The van der Waals surface area contributed by atoms with Crippen molar-refractivity contribution in [3.63, 3.8) is 0 Å². The zero-order valence-electron chi connectivity index (χ0n) is 17.0. The molecule has 0 atom stereocenters. The molecule has 1 aliphatic heterocycles. The monoisotopic (exact) mass is 430 g/mol. The number of thiophene rings is 1. The van der Waals surface area contributed by atoms with E-state index in [1.807, 2.05) is 47.4 Å². The molecule has 1 aliphatic rings. The molecule has 6 nitrogen and oxygen atoms in total. The summed E-state index contributed by atoms with van der Waals surface area (Å²) in [6.07, 6.45) is 0. The van der Waals surface area contributed by atoms with Gasteiger partial charge in [-0.05, 0) is 29.6 Å². The molecule has 2 aromatic carbocycles. The zero-order chi connectivity index (χ0) is 21.2. The van der Waals surface area contributed by atoms with Gasteiger partial charge >= 0.3 is 0 Å². The van der Waals surface area contributed by atoms with Gasteiger partial charge in [-0.25, -0.2) is 0 Å². The fraction of sp³-hybridized carbons (Fsp3) is 0.208. The maximum atomic E-state index is 13.5. The van der Waals surface area contributed by atoms with Crippen LogP contribution in [-0.2, 0) is 6.54 Å². The van der Waals surface area contributed by atoms with Crippen LogP contribution in [0, 0.1) is 0 Å². The van der Waals surface area contributed by atoms with E-state index in [9.17, 15) is 9.59 Å². The minimum absolute atomic E-state index is 0.128. The molecule has 0 saturated carbocycles. The van der Waals surface area contributed by atoms with Crippen molar-refractivity contribution in [1.82, 2.24) is 19.6 Å². The molecule has 3 heterocycles. The summed E-state index contributed by atoms with van der Waals surface area (Å²) in [6, 6.07) is 20.7. The van der Waals surface area contributed by atoms with Crippen LogP contribution in [0.1, 0.15) is 15.4 Å². The van der Waals surface area contributed by atoms with E-state index < -0.39 is 0 Å². The molecule has 0 spiro atoms. The van der Waals surface area contributed by atoms with E-state index in [2.05, 4.69) is 27.5 Å². The van der Waals surface area contributed by atoms with Gasteiger partial charge in [0.25, 0.3) is 11.5 Å². The third-order valence-corrected chi connectivity index (χ3v) is 6.49. The number of hydrogen-bond donors (Lipinski definition) is 0. The van der Waals surface area contributed by atoms with E-state index in [1.165, 1.54) is 9.56 Å². The van der Waals surface area contributed by atoms with Crippen LogP contribution < -0.4 is 5.56 Å². The molecule has 156 valence electrons. The molecular weight excluding hydrogens is 408 g/mol. The predicted octanol–water partition coefficient (Wildman–Crippen LogP) is 3.41. The Kier molecular flexibility index (Phi) is 5.36. The van der Waals surface area contributed by atoms with Crippen molar-refractivity contribution < 1.29 is 4.79 Å². The van der Waals surface area contributed by atoms with E-state index in [0.29, 0.717) is 35.2 Å². The molecule has 4 aromatic rings. The fourth-order valence-corrected chi connectivity index (χ4v) is 4.72. The Morgan fingerprint density at radius 3 is 2.29 bits per heavy atom. The number of carbonyl (C=O) groups excluding carboxylic acids is 1. The van der Waals surface area contributed by atoms with Crippen molar-refractivity contribution in [3.05, 3.63) is 93.0 Å². The standard InChI is InChI=1S/C24H22N4O2S/c29-23-21-11-5-4-10-20(21)22(25-28(23)18-7-2-1-3-8-18)24(30)27-14-12-26(13-15-27)17-19-9-6-16-31-19/h1-11,16H,12-15,17H2. The number of amides is 1. The highest BCUT2D eigenvalue weighted by Crippen LogP contribution is 2.19. The quantitative estimate of drug-likeness (QED) is 0.498. The number of carbonyl (C=O) groups is 1. The Morgan fingerprint density at radius 1 is 0.871 bits per heavy atom. The maximum Gasteiger partial charge on any atom is 0.279 e. The number of aromatic nitrogens is 2. The Morgan fingerprint density at radius 2 is 1.58 bits per heavy atom. The van der Waals surface area contributed by atoms with Crippen molar-refractivity contribution in [2.75, 3.05) is 26.2 Å². The zero-order valence-corrected chi connectivity index (χ0v) is 17.8. The lowest BCUT2D eigenvalue weighted by atomic mass is 10.1. The van der Waals surface area contributed by atoms with Gasteiger partial charge in [-0.1, -0.05) is 42.5 Å². The van der Waals surface area contributed by atoms with Crippen LogP contribution in [0.2, 0.25) is 0 Å². The number of rotatable bonds is 4. The summed E-state index contributed by atoms with van der Waals surface area (Å²) in [5.41, 5.74) is 0.748. The number of fused-ring (bicyclic) bond motifs is 1. The van der Waals surface area contributed by atoms with Gasteiger partial charge in [0.1, 0.15) is 0 Å². The summed E-state index contributed by atoms with van der Waals surface area (Å²) in [4.78, 5) is 32.1. The van der Waals surface area contributed by atoms with Crippen molar-refractivity contribution in [2.45, 2.75) is 6.54 Å². The van der Waals surface area contributed by atoms with Gasteiger partial charge in [-0.15, -0.1) is 11.3 Å². The highest BCUT2D eigenvalue weighted by atomic mass is 32.1. The molecule has 1 fully saturated rings. The van der Waals surface area contributed by atoms with Gasteiger partial charge in [0.15, 0.2) is 5.69 Å². The highest BCUT2D eigenvalue weighted by Gasteiger charge is 2.26. The summed E-state index contributed by atoms with van der Waals surface area (Å²) in [5.74, 6) is -0.128. The maximum absolute atomic E-state index is 13.5. The highest BCUT2D eigenvalue weighted by molar-refractivity contribution is 7.09. The molecule has 1 amide bonds. The topological polar surface area (TPSA) is 58.4 Å². The van der Waals surface area contributed by atoms with Crippen molar-refractivity contribution in [1.29, 1.82) is 0 Å². The van der Waals surface area contributed by atoms with E-state index in [4.69, 9.17) is 0 Å². The Hall–Kier alpha value is -3.29. The second-order valence-corrected chi connectivity index (χ2v) is 8.63. The van der Waals surface area contributed by atoms with Gasteiger partial charge in [0, 0.05) is 43.0 Å². The molecule has 0 aliphatic carbocycles. The first-order valence-corrected chi connectivity index (χ1v) is 11.2. The van der Waals surface area contributed by atoms with Crippen molar-refractivity contribution >= 4 is 28.0 Å². The van der Waals surface area contributed by atoms with Gasteiger partial charge < -0.3 is 4.90 Å². The van der Waals surface area contributed by atoms with Crippen LogP contribution in [-0.4, -0.2) is 51.7 Å². The van der Waals surface area contributed by atoms with Crippen LogP contribution in [0.25, 0.3) is 16.5 Å². The summed E-state index contributed by atoms with van der Waals surface area (Å²) in [5, 5.41) is 7.72. The van der Waals surface area contributed by atoms with E-state index >= 15 is 0 Å². The van der Waals surface area contributed by atoms with Gasteiger partial charge in [-0.3, -0.25) is 14.5 Å². The summed E-state index contributed by atoms with van der Waals surface area (Å²) in [7, 11) is 0. The lowest BCUT2D eigenvalue weighted by Gasteiger charge is -2.34. The number of para-hydroxylation sites is 1. The molecule has 2 aromatic heterocycles. The lowest BCUT2D eigenvalue weighted by Crippen LogP contribution is -2.48. The van der Waals surface area contributed by atoms with E-state index in [0.717, 1.165) is 19.6 Å². The van der Waals surface area contributed by atoms with E-state index in [-0.39, 0.29) is 11.5 Å². The minimum Gasteiger partial charge on any atom is -0.335 e.